The van der Waals surface area contributed by atoms with Crippen LogP contribution in [-0.4, -0.2) is 16.1 Å². The van der Waals surface area contributed by atoms with Crippen LogP contribution in [0.4, 0.5) is 5.69 Å². The number of anilines is 1. The van der Waals surface area contributed by atoms with E-state index in [9.17, 15) is 4.79 Å². The lowest BCUT2D eigenvalue weighted by Gasteiger charge is -2.10. The van der Waals surface area contributed by atoms with Gasteiger partial charge in [0, 0.05) is 9.79 Å². The molecule has 3 rings (SSSR count). The van der Waals surface area contributed by atoms with Crippen molar-refractivity contribution in [3.63, 3.8) is 0 Å². The molecular formula is C16H12ClN3OS. The van der Waals surface area contributed by atoms with Gasteiger partial charge in [-0.1, -0.05) is 53.7 Å². The fraction of sp³-hybridized carbons (Fsp3) is 0. The van der Waals surface area contributed by atoms with Crippen LogP contribution in [0.15, 0.2) is 70.6 Å². The van der Waals surface area contributed by atoms with E-state index in [-0.39, 0.29) is 11.6 Å². The molecule has 0 aliphatic carbocycles. The van der Waals surface area contributed by atoms with Crippen LogP contribution in [0.25, 0.3) is 0 Å². The Hall–Kier alpha value is -2.24. The van der Waals surface area contributed by atoms with Gasteiger partial charge >= 0.3 is 0 Å². The number of para-hydroxylation sites is 1. The van der Waals surface area contributed by atoms with Crippen LogP contribution in [0.5, 0.6) is 0 Å². The molecule has 0 aliphatic heterocycles. The maximum atomic E-state index is 12.2. The lowest BCUT2D eigenvalue weighted by molar-refractivity contribution is 0.102. The number of halogens is 1. The Morgan fingerprint density at radius 1 is 1.09 bits per heavy atom. The summed E-state index contributed by atoms with van der Waals surface area (Å²) in [5, 5.41) is 9.50. The Kier molecular flexibility index (Phi) is 4.46. The highest BCUT2D eigenvalue weighted by atomic mass is 35.5. The standard InChI is InChI=1S/C16H12ClN3OS/c17-12-10-18-20-15(12)16(21)19-13-8-4-5-9-14(13)22-11-6-2-1-3-7-11/h1-10H,(H,18,20)(H,19,21). The molecule has 4 nitrogen and oxygen atoms in total. The van der Waals surface area contributed by atoms with E-state index in [0.29, 0.717) is 5.02 Å². The zero-order chi connectivity index (χ0) is 15.4. The molecule has 110 valence electrons. The van der Waals surface area contributed by atoms with E-state index in [0.717, 1.165) is 15.5 Å². The molecule has 0 bridgehead atoms. The number of aromatic nitrogens is 2. The predicted octanol–water partition coefficient (Wildman–Crippen LogP) is 4.47. The molecule has 0 saturated heterocycles. The van der Waals surface area contributed by atoms with Crippen molar-refractivity contribution in [3.05, 3.63) is 71.5 Å². The summed E-state index contributed by atoms with van der Waals surface area (Å²) in [7, 11) is 0. The molecule has 1 amide bonds. The predicted molar refractivity (Wildman–Crippen MR) is 88.6 cm³/mol. The van der Waals surface area contributed by atoms with Crippen LogP contribution < -0.4 is 5.32 Å². The van der Waals surface area contributed by atoms with Gasteiger partial charge in [-0.25, -0.2) is 0 Å². The highest BCUT2D eigenvalue weighted by molar-refractivity contribution is 7.99. The molecule has 6 heteroatoms. The smallest absolute Gasteiger partial charge is 0.275 e. The summed E-state index contributed by atoms with van der Waals surface area (Å²) < 4.78 is 0. The highest BCUT2D eigenvalue weighted by Gasteiger charge is 2.14. The number of nitrogens with zero attached hydrogens (tertiary/aromatic N) is 1. The van der Waals surface area contributed by atoms with E-state index in [1.165, 1.54) is 6.20 Å². The van der Waals surface area contributed by atoms with E-state index in [4.69, 9.17) is 11.6 Å². The summed E-state index contributed by atoms with van der Waals surface area (Å²) in [5.74, 6) is -0.316. The van der Waals surface area contributed by atoms with E-state index >= 15 is 0 Å². The van der Waals surface area contributed by atoms with Gasteiger partial charge in [0.2, 0.25) is 0 Å². The maximum Gasteiger partial charge on any atom is 0.275 e. The summed E-state index contributed by atoms with van der Waals surface area (Å²) in [6.07, 6.45) is 1.40. The fourth-order valence-electron chi connectivity index (χ4n) is 1.89. The Morgan fingerprint density at radius 2 is 1.82 bits per heavy atom. The van der Waals surface area contributed by atoms with E-state index in [1.54, 1.807) is 11.8 Å². The van der Waals surface area contributed by atoms with Gasteiger partial charge in [-0.2, -0.15) is 5.10 Å². The van der Waals surface area contributed by atoms with Gasteiger partial charge in [0.1, 0.15) is 5.69 Å². The van der Waals surface area contributed by atoms with E-state index in [1.807, 2.05) is 54.6 Å². The zero-order valence-corrected chi connectivity index (χ0v) is 13.0. The van der Waals surface area contributed by atoms with Gasteiger partial charge in [0.05, 0.1) is 16.9 Å². The molecule has 2 aromatic carbocycles. The van der Waals surface area contributed by atoms with Crippen LogP contribution in [-0.2, 0) is 0 Å². The van der Waals surface area contributed by atoms with Crippen LogP contribution in [0, 0.1) is 0 Å². The van der Waals surface area contributed by atoms with Gasteiger partial charge in [-0.05, 0) is 24.3 Å². The minimum atomic E-state index is -0.316. The van der Waals surface area contributed by atoms with Crippen molar-refractivity contribution in [2.24, 2.45) is 0 Å². The van der Waals surface area contributed by atoms with Crippen molar-refractivity contribution in [2.45, 2.75) is 9.79 Å². The van der Waals surface area contributed by atoms with Crippen LogP contribution in [0.3, 0.4) is 0 Å². The zero-order valence-electron chi connectivity index (χ0n) is 11.4. The fourth-order valence-corrected chi connectivity index (χ4v) is 2.99. The number of rotatable bonds is 4. The molecule has 0 radical (unpaired) electrons. The highest BCUT2D eigenvalue weighted by Crippen LogP contribution is 2.33. The SMILES string of the molecule is O=C(Nc1ccccc1Sc1ccccc1)c1[nH]ncc1Cl. The second-order valence-electron chi connectivity index (χ2n) is 4.46. The monoisotopic (exact) mass is 329 g/mol. The Bertz CT molecular complexity index is 789. The third kappa shape index (κ3) is 3.32. The number of H-pyrrole nitrogens is 1. The molecule has 0 atom stereocenters. The molecule has 2 N–H and O–H groups in total. The summed E-state index contributed by atoms with van der Waals surface area (Å²) in [6.45, 7) is 0. The van der Waals surface area contributed by atoms with Gasteiger partial charge in [-0.15, -0.1) is 0 Å². The molecule has 1 aromatic heterocycles. The van der Waals surface area contributed by atoms with Crippen molar-refractivity contribution >= 4 is 35.0 Å². The van der Waals surface area contributed by atoms with Gasteiger partial charge in [-0.3, -0.25) is 9.89 Å². The summed E-state index contributed by atoms with van der Waals surface area (Å²) in [5.41, 5.74) is 0.980. The molecule has 0 saturated carbocycles. The Morgan fingerprint density at radius 3 is 2.55 bits per heavy atom. The average Bonchev–Trinajstić information content (AvgIpc) is 2.96. The topological polar surface area (TPSA) is 57.8 Å². The first-order valence-corrected chi connectivity index (χ1v) is 7.75. The summed E-state index contributed by atoms with van der Waals surface area (Å²) >= 11 is 7.49. The van der Waals surface area contributed by atoms with Crippen molar-refractivity contribution in [3.8, 4) is 0 Å². The quantitative estimate of drug-likeness (QED) is 0.742. The van der Waals surface area contributed by atoms with Gasteiger partial charge in [0.25, 0.3) is 5.91 Å². The number of carbonyl (C=O) groups excluding carboxylic acids is 1. The normalized spacial score (nSPS) is 10.4. The molecule has 1 heterocycles. The molecule has 0 fully saturated rings. The third-order valence-corrected chi connectivity index (χ3v) is 4.30. The number of carbonyl (C=O) groups is 1. The summed E-state index contributed by atoms with van der Waals surface area (Å²) in [6, 6.07) is 17.6. The number of aromatic amines is 1. The Balaban J connectivity index is 1.83. The van der Waals surface area contributed by atoms with Gasteiger partial charge in [0.15, 0.2) is 0 Å². The first-order chi connectivity index (χ1) is 10.7. The third-order valence-electron chi connectivity index (χ3n) is 2.93. The second-order valence-corrected chi connectivity index (χ2v) is 5.98. The number of hydrogen-bond acceptors (Lipinski definition) is 3. The lowest BCUT2D eigenvalue weighted by atomic mass is 10.3. The van der Waals surface area contributed by atoms with Crippen LogP contribution in [0.2, 0.25) is 5.02 Å². The van der Waals surface area contributed by atoms with E-state index < -0.39 is 0 Å². The molecule has 0 unspecified atom stereocenters. The second kappa shape index (κ2) is 6.68. The van der Waals surface area contributed by atoms with E-state index in [2.05, 4.69) is 15.5 Å². The van der Waals surface area contributed by atoms with Crippen molar-refractivity contribution in [1.29, 1.82) is 0 Å². The molecule has 0 spiro atoms. The van der Waals surface area contributed by atoms with Crippen LogP contribution >= 0.6 is 23.4 Å². The number of nitrogens with one attached hydrogen (secondary N) is 2. The lowest BCUT2D eigenvalue weighted by Crippen LogP contribution is -2.13. The summed E-state index contributed by atoms with van der Waals surface area (Å²) in [4.78, 5) is 14.3. The molecule has 22 heavy (non-hydrogen) atoms. The number of amides is 1. The Labute approximate surface area is 136 Å². The maximum absolute atomic E-state index is 12.2. The largest absolute Gasteiger partial charge is 0.320 e. The van der Waals surface area contributed by atoms with Crippen molar-refractivity contribution in [1.82, 2.24) is 10.2 Å². The van der Waals surface area contributed by atoms with Crippen LogP contribution in [0.1, 0.15) is 10.5 Å². The number of hydrogen-bond donors (Lipinski definition) is 2. The minimum absolute atomic E-state index is 0.251. The molecular weight excluding hydrogens is 318 g/mol. The number of benzene rings is 2. The average molecular weight is 330 g/mol. The van der Waals surface area contributed by atoms with Crippen molar-refractivity contribution in [2.75, 3.05) is 5.32 Å². The van der Waals surface area contributed by atoms with Gasteiger partial charge < -0.3 is 5.32 Å². The first kappa shape index (κ1) is 14.7. The minimum Gasteiger partial charge on any atom is -0.320 e. The first-order valence-electron chi connectivity index (χ1n) is 6.56. The molecule has 0 aliphatic rings. The molecule has 3 aromatic rings. The van der Waals surface area contributed by atoms with Crippen molar-refractivity contribution < 1.29 is 4.79 Å².